The Bertz CT molecular complexity index is 519. The molecular weight excluding hydrogens is 243 g/mol. The fourth-order valence-corrected chi connectivity index (χ4v) is 2.48. The van der Waals surface area contributed by atoms with E-state index in [0.717, 1.165) is 38.5 Å². The second-order valence-electron chi connectivity index (χ2n) is 4.79. The Morgan fingerprint density at radius 3 is 2.47 bits per heavy atom. The summed E-state index contributed by atoms with van der Waals surface area (Å²) < 4.78 is 19.1. The number of nitrogens with zero attached hydrogens (tertiary/aromatic N) is 2. The molecule has 0 amide bonds. The van der Waals surface area contributed by atoms with Crippen LogP contribution in [0.15, 0.2) is 47.1 Å². The maximum Gasteiger partial charge on any atom is 0.146 e. The van der Waals surface area contributed by atoms with Gasteiger partial charge in [-0.1, -0.05) is 12.1 Å². The molecule has 2 heterocycles. The van der Waals surface area contributed by atoms with E-state index < -0.39 is 0 Å². The molecule has 1 saturated heterocycles. The molecule has 0 spiro atoms. The lowest BCUT2D eigenvalue weighted by Crippen LogP contribution is -2.46. The van der Waals surface area contributed by atoms with Crippen molar-refractivity contribution in [1.82, 2.24) is 4.90 Å². The highest BCUT2D eigenvalue weighted by atomic mass is 19.1. The lowest BCUT2D eigenvalue weighted by molar-refractivity contribution is 0.230. The lowest BCUT2D eigenvalue weighted by atomic mass is 10.2. The zero-order chi connectivity index (χ0) is 13.1. The number of halogens is 1. The number of furan rings is 1. The average molecular weight is 260 g/mol. The highest BCUT2D eigenvalue weighted by molar-refractivity contribution is 5.47. The van der Waals surface area contributed by atoms with Crippen molar-refractivity contribution in [2.24, 2.45) is 0 Å². The second-order valence-corrected chi connectivity index (χ2v) is 4.79. The number of piperazine rings is 1. The monoisotopic (exact) mass is 260 g/mol. The van der Waals surface area contributed by atoms with Gasteiger partial charge in [-0.15, -0.1) is 0 Å². The normalized spacial score (nSPS) is 16.8. The third kappa shape index (κ3) is 2.79. The Morgan fingerprint density at radius 2 is 1.79 bits per heavy atom. The number of para-hydroxylation sites is 1. The summed E-state index contributed by atoms with van der Waals surface area (Å²) in [6.45, 7) is 4.38. The summed E-state index contributed by atoms with van der Waals surface area (Å²) in [5, 5.41) is 0. The van der Waals surface area contributed by atoms with Gasteiger partial charge >= 0.3 is 0 Å². The first kappa shape index (κ1) is 12.2. The zero-order valence-corrected chi connectivity index (χ0v) is 10.8. The van der Waals surface area contributed by atoms with Gasteiger partial charge in [0.2, 0.25) is 0 Å². The van der Waals surface area contributed by atoms with Crippen LogP contribution in [0.2, 0.25) is 0 Å². The predicted molar refractivity (Wildman–Crippen MR) is 72.6 cm³/mol. The van der Waals surface area contributed by atoms with E-state index in [1.807, 2.05) is 24.3 Å². The number of hydrogen-bond donors (Lipinski definition) is 0. The molecule has 19 heavy (non-hydrogen) atoms. The molecule has 3 nitrogen and oxygen atoms in total. The molecule has 4 heteroatoms. The molecule has 1 fully saturated rings. The van der Waals surface area contributed by atoms with Crippen LogP contribution in [0.1, 0.15) is 5.76 Å². The van der Waals surface area contributed by atoms with Gasteiger partial charge in [0.25, 0.3) is 0 Å². The maximum atomic E-state index is 13.7. The van der Waals surface area contributed by atoms with Gasteiger partial charge in [0.1, 0.15) is 11.6 Å². The van der Waals surface area contributed by atoms with Crippen LogP contribution >= 0.6 is 0 Å². The van der Waals surface area contributed by atoms with E-state index in [1.165, 1.54) is 6.07 Å². The van der Waals surface area contributed by atoms with Gasteiger partial charge in [-0.25, -0.2) is 4.39 Å². The van der Waals surface area contributed by atoms with Crippen LogP contribution in [0.4, 0.5) is 10.1 Å². The largest absolute Gasteiger partial charge is 0.468 e. The number of rotatable bonds is 3. The summed E-state index contributed by atoms with van der Waals surface area (Å²) in [5.41, 5.74) is 0.708. The van der Waals surface area contributed by atoms with E-state index in [9.17, 15) is 4.39 Å². The molecule has 0 N–H and O–H groups in total. The molecule has 0 radical (unpaired) electrons. The molecule has 1 aliphatic heterocycles. The molecule has 0 atom stereocenters. The van der Waals surface area contributed by atoms with E-state index >= 15 is 0 Å². The number of anilines is 1. The zero-order valence-electron chi connectivity index (χ0n) is 10.8. The van der Waals surface area contributed by atoms with Crippen LogP contribution < -0.4 is 4.90 Å². The van der Waals surface area contributed by atoms with E-state index in [4.69, 9.17) is 4.42 Å². The summed E-state index contributed by atoms with van der Waals surface area (Å²) in [7, 11) is 0. The number of hydrogen-bond acceptors (Lipinski definition) is 3. The summed E-state index contributed by atoms with van der Waals surface area (Å²) in [6.07, 6.45) is 1.70. The molecule has 0 unspecified atom stereocenters. The van der Waals surface area contributed by atoms with E-state index in [0.29, 0.717) is 5.69 Å². The quantitative estimate of drug-likeness (QED) is 0.846. The standard InChI is InChI=1S/C15H17FN2O/c16-14-5-1-2-6-15(14)18-9-7-17(8-10-18)12-13-4-3-11-19-13/h1-6,11H,7-10,12H2. The first-order valence-corrected chi connectivity index (χ1v) is 6.57. The van der Waals surface area contributed by atoms with Crippen LogP contribution in [0.25, 0.3) is 0 Å². The van der Waals surface area contributed by atoms with Gasteiger partial charge in [0.15, 0.2) is 0 Å². The minimum absolute atomic E-state index is 0.137. The van der Waals surface area contributed by atoms with E-state index in [2.05, 4.69) is 9.80 Å². The highest BCUT2D eigenvalue weighted by Crippen LogP contribution is 2.20. The lowest BCUT2D eigenvalue weighted by Gasteiger charge is -2.35. The summed E-state index contributed by atoms with van der Waals surface area (Å²) in [5.74, 6) is 0.848. The van der Waals surface area contributed by atoms with Crippen LogP contribution in [0, 0.1) is 5.82 Å². The topological polar surface area (TPSA) is 19.6 Å². The first-order chi connectivity index (χ1) is 9.33. The summed E-state index contributed by atoms with van der Waals surface area (Å²) in [6, 6.07) is 10.9. The van der Waals surface area contributed by atoms with Crippen molar-refractivity contribution in [2.75, 3.05) is 31.1 Å². The Morgan fingerprint density at radius 1 is 1.00 bits per heavy atom. The summed E-state index contributed by atoms with van der Waals surface area (Å²) >= 11 is 0. The van der Waals surface area contributed by atoms with Gasteiger partial charge in [-0.05, 0) is 24.3 Å². The third-order valence-corrected chi connectivity index (χ3v) is 3.52. The molecule has 3 rings (SSSR count). The fraction of sp³-hybridized carbons (Fsp3) is 0.333. The van der Waals surface area contributed by atoms with Crippen molar-refractivity contribution in [3.05, 3.63) is 54.2 Å². The van der Waals surface area contributed by atoms with Crippen LogP contribution in [-0.2, 0) is 6.54 Å². The third-order valence-electron chi connectivity index (χ3n) is 3.52. The van der Waals surface area contributed by atoms with Crippen molar-refractivity contribution in [2.45, 2.75) is 6.54 Å². The molecule has 0 bridgehead atoms. The minimum Gasteiger partial charge on any atom is -0.468 e. The van der Waals surface area contributed by atoms with Crippen molar-refractivity contribution >= 4 is 5.69 Å². The highest BCUT2D eigenvalue weighted by Gasteiger charge is 2.19. The van der Waals surface area contributed by atoms with Gasteiger partial charge < -0.3 is 9.32 Å². The van der Waals surface area contributed by atoms with Gasteiger partial charge in [-0.2, -0.15) is 0 Å². The van der Waals surface area contributed by atoms with Crippen molar-refractivity contribution in [1.29, 1.82) is 0 Å². The van der Waals surface area contributed by atoms with Crippen LogP contribution in [0.3, 0.4) is 0 Å². The molecule has 1 aliphatic rings. The molecule has 100 valence electrons. The van der Waals surface area contributed by atoms with Gasteiger partial charge in [0, 0.05) is 26.2 Å². The van der Waals surface area contributed by atoms with E-state index in [1.54, 1.807) is 12.3 Å². The summed E-state index contributed by atoms with van der Waals surface area (Å²) in [4.78, 5) is 4.43. The molecule has 1 aromatic carbocycles. The van der Waals surface area contributed by atoms with Crippen LogP contribution in [-0.4, -0.2) is 31.1 Å². The SMILES string of the molecule is Fc1ccccc1N1CCN(Cc2ccco2)CC1. The van der Waals surface area contributed by atoms with E-state index in [-0.39, 0.29) is 5.82 Å². The molecule has 1 aromatic heterocycles. The van der Waals surface area contributed by atoms with Gasteiger partial charge in [0.05, 0.1) is 18.5 Å². The fourth-order valence-electron chi connectivity index (χ4n) is 2.48. The molecular formula is C15H17FN2O. The molecule has 0 saturated carbocycles. The second kappa shape index (κ2) is 5.45. The molecule has 0 aliphatic carbocycles. The average Bonchev–Trinajstić information content (AvgIpc) is 2.93. The molecule has 2 aromatic rings. The Balaban J connectivity index is 1.59. The maximum absolute atomic E-state index is 13.7. The Hall–Kier alpha value is -1.81. The first-order valence-electron chi connectivity index (χ1n) is 6.57. The Labute approximate surface area is 112 Å². The van der Waals surface area contributed by atoms with Crippen molar-refractivity contribution in [3.8, 4) is 0 Å². The smallest absolute Gasteiger partial charge is 0.146 e. The van der Waals surface area contributed by atoms with Crippen molar-refractivity contribution in [3.63, 3.8) is 0 Å². The minimum atomic E-state index is -0.137. The Kier molecular flexibility index (Phi) is 3.51. The van der Waals surface area contributed by atoms with Gasteiger partial charge in [-0.3, -0.25) is 4.90 Å². The predicted octanol–water partition coefficient (Wildman–Crippen LogP) is 2.74. The van der Waals surface area contributed by atoms with Crippen LogP contribution in [0.5, 0.6) is 0 Å². The number of benzene rings is 1. The van der Waals surface area contributed by atoms with Crippen molar-refractivity contribution < 1.29 is 8.81 Å².